The van der Waals surface area contributed by atoms with Gasteiger partial charge in [-0.1, -0.05) is 13.8 Å². The third-order valence-corrected chi connectivity index (χ3v) is 5.66. The first kappa shape index (κ1) is 25.7. The third kappa shape index (κ3) is 7.27. The van der Waals surface area contributed by atoms with E-state index in [2.05, 4.69) is 5.32 Å². The molecule has 180 valence electrons. The Morgan fingerprint density at radius 2 is 1.72 bits per heavy atom. The second kappa shape index (κ2) is 11.9. The number of nitrogens with one attached hydrogen (secondary N) is 1. The van der Waals surface area contributed by atoms with Crippen LogP contribution in [0.3, 0.4) is 0 Å². The molecule has 32 heavy (non-hydrogen) atoms. The van der Waals surface area contributed by atoms with Crippen molar-refractivity contribution in [3.63, 3.8) is 0 Å². The van der Waals surface area contributed by atoms with Crippen LogP contribution >= 0.6 is 0 Å². The molecule has 0 bridgehead atoms. The van der Waals surface area contributed by atoms with Crippen molar-refractivity contribution in [1.29, 1.82) is 0 Å². The summed E-state index contributed by atoms with van der Waals surface area (Å²) in [6.07, 6.45) is -0.105. The Morgan fingerprint density at radius 3 is 2.31 bits per heavy atom. The fourth-order valence-electron chi connectivity index (χ4n) is 3.64. The number of rotatable bonds is 10. The Balaban J connectivity index is 1.81. The number of amides is 3. The lowest BCUT2D eigenvalue weighted by Gasteiger charge is -2.44. The standard InChI is InChI=1S/C21H32N2O9/c1-12-13(2)20(22-14(3)24)21(31-16(12)11-30-15(4)25)29-10-6-5-7-19(28)32-23-17(26)8-9-18(23)27/h12-13,16,20-21H,5-11H2,1-4H3,(H,22,24). The van der Waals surface area contributed by atoms with E-state index in [1.54, 1.807) is 0 Å². The first-order valence-corrected chi connectivity index (χ1v) is 10.8. The van der Waals surface area contributed by atoms with Crippen LogP contribution in [0.25, 0.3) is 0 Å². The summed E-state index contributed by atoms with van der Waals surface area (Å²) in [6.45, 7) is 7.02. The normalized spacial score (nSPS) is 27.9. The number of hydrogen-bond acceptors (Lipinski definition) is 9. The number of carbonyl (C=O) groups excluding carboxylic acids is 5. The molecule has 2 aliphatic heterocycles. The quantitative estimate of drug-likeness (QED) is 0.288. The molecular weight excluding hydrogens is 424 g/mol. The van der Waals surface area contributed by atoms with Crippen LogP contribution in [0.4, 0.5) is 0 Å². The van der Waals surface area contributed by atoms with Gasteiger partial charge in [0, 0.05) is 39.7 Å². The average Bonchev–Trinajstić information content (AvgIpc) is 3.03. The van der Waals surface area contributed by atoms with Crippen LogP contribution in [0.1, 0.15) is 59.8 Å². The predicted octanol–water partition coefficient (Wildman–Crippen LogP) is 0.845. The first-order chi connectivity index (χ1) is 15.1. The van der Waals surface area contributed by atoms with E-state index in [4.69, 9.17) is 19.0 Å². The zero-order chi connectivity index (χ0) is 23.8. The molecule has 2 fully saturated rings. The highest BCUT2D eigenvalue weighted by atomic mass is 16.7. The number of carbonyl (C=O) groups is 5. The Hall–Kier alpha value is -2.53. The van der Waals surface area contributed by atoms with Crippen molar-refractivity contribution < 1.29 is 43.0 Å². The van der Waals surface area contributed by atoms with Gasteiger partial charge in [-0.3, -0.25) is 19.2 Å². The summed E-state index contributed by atoms with van der Waals surface area (Å²) < 4.78 is 16.9. The van der Waals surface area contributed by atoms with Crippen LogP contribution < -0.4 is 5.32 Å². The number of esters is 1. The van der Waals surface area contributed by atoms with Crippen LogP contribution in [0.15, 0.2) is 0 Å². The van der Waals surface area contributed by atoms with E-state index in [9.17, 15) is 24.0 Å². The molecule has 11 nitrogen and oxygen atoms in total. The molecule has 2 rings (SSSR count). The SMILES string of the molecule is CC(=O)NC1C(OCCCCC(=O)ON2C(=O)CCC2=O)OC(COC(C)=O)C(C)C1C. The van der Waals surface area contributed by atoms with Crippen LogP contribution in [-0.2, 0) is 43.0 Å². The molecule has 3 amide bonds. The Kier molecular flexibility index (Phi) is 9.58. The fourth-order valence-corrected chi connectivity index (χ4v) is 3.64. The summed E-state index contributed by atoms with van der Waals surface area (Å²) in [7, 11) is 0. The van der Waals surface area contributed by atoms with Crippen molar-refractivity contribution in [3.8, 4) is 0 Å². The third-order valence-electron chi connectivity index (χ3n) is 5.66. The highest BCUT2D eigenvalue weighted by Gasteiger charge is 2.43. The van der Waals surface area contributed by atoms with Crippen LogP contribution in [0, 0.1) is 11.8 Å². The Bertz CT molecular complexity index is 708. The average molecular weight is 456 g/mol. The largest absolute Gasteiger partial charge is 0.463 e. The summed E-state index contributed by atoms with van der Waals surface area (Å²) >= 11 is 0. The zero-order valence-electron chi connectivity index (χ0n) is 19.0. The van der Waals surface area contributed by atoms with E-state index in [-0.39, 0.29) is 62.4 Å². The van der Waals surface area contributed by atoms with Crippen molar-refractivity contribution in [2.24, 2.45) is 11.8 Å². The molecule has 5 atom stereocenters. The molecule has 0 spiro atoms. The van der Waals surface area contributed by atoms with Gasteiger partial charge >= 0.3 is 11.9 Å². The van der Waals surface area contributed by atoms with Crippen molar-refractivity contribution in [2.45, 2.75) is 78.2 Å². The smallest absolute Gasteiger partial charge is 0.333 e. The maximum atomic E-state index is 11.9. The van der Waals surface area contributed by atoms with E-state index >= 15 is 0 Å². The molecule has 1 N–H and O–H groups in total. The predicted molar refractivity (Wildman–Crippen MR) is 108 cm³/mol. The van der Waals surface area contributed by atoms with E-state index in [1.807, 2.05) is 13.8 Å². The van der Waals surface area contributed by atoms with Gasteiger partial charge < -0.3 is 24.4 Å². The number of hydroxylamine groups is 2. The molecule has 11 heteroatoms. The van der Waals surface area contributed by atoms with Gasteiger partial charge in [0.15, 0.2) is 6.29 Å². The van der Waals surface area contributed by atoms with E-state index in [0.29, 0.717) is 17.9 Å². The molecule has 2 aliphatic rings. The number of unbranched alkanes of at least 4 members (excludes halogenated alkanes) is 1. The summed E-state index contributed by atoms with van der Waals surface area (Å²) in [5.74, 6) is -2.30. The molecule has 0 radical (unpaired) electrons. The summed E-state index contributed by atoms with van der Waals surface area (Å²) in [6, 6.07) is -0.381. The van der Waals surface area contributed by atoms with Crippen LogP contribution in [0.5, 0.6) is 0 Å². The number of ether oxygens (including phenoxy) is 3. The molecule has 2 heterocycles. The lowest BCUT2D eigenvalue weighted by Crippen LogP contribution is -2.58. The van der Waals surface area contributed by atoms with Crippen LogP contribution in [0.2, 0.25) is 0 Å². The number of hydrogen-bond donors (Lipinski definition) is 1. The van der Waals surface area contributed by atoms with Gasteiger partial charge in [-0.05, 0) is 24.7 Å². The minimum Gasteiger partial charge on any atom is -0.463 e. The lowest BCUT2D eigenvalue weighted by molar-refractivity contribution is -0.244. The minimum absolute atomic E-state index is 0.00345. The van der Waals surface area contributed by atoms with Crippen molar-refractivity contribution in [1.82, 2.24) is 10.4 Å². The van der Waals surface area contributed by atoms with Crippen LogP contribution in [-0.4, -0.2) is 66.4 Å². The first-order valence-electron chi connectivity index (χ1n) is 10.8. The highest BCUT2D eigenvalue weighted by molar-refractivity contribution is 6.01. The second-order valence-electron chi connectivity index (χ2n) is 8.16. The molecule has 0 saturated carbocycles. The Morgan fingerprint density at radius 1 is 1.06 bits per heavy atom. The summed E-state index contributed by atoms with van der Waals surface area (Å²) in [5.41, 5.74) is 0. The van der Waals surface area contributed by atoms with Gasteiger partial charge in [0.1, 0.15) is 6.61 Å². The van der Waals surface area contributed by atoms with Crippen molar-refractivity contribution >= 4 is 29.7 Å². The second-order valence-corrected chi connectivity index (χ2v) is 8.16. The lowest BCUT2D eigenvalue weighted by atomic mass is 9.82. The number of nitrogens with zero attached hydrogens (tertiary/aromatic N) is 1. The Labute approximate surface area is 187 Å². The van der Waals surface area contributed by atoms with Crippen molar-refractivity contribution in [3.05, 3.63) is 0 Å². The maximum absolute atomic E-state index is 11.9. The number of imide groups is 1. The monoisotopic (exact) mass is 456 g/mol. The topological polar surface area (TPSA) is 138 Å². The van der Waals surface area contributed by atoms with Gasteiger partial charge in [-0.25, -0.2) is 4.79 Å². The molecule has 0 aromatic carbocycles. The molecule has 2 saturated heterocycles. The fraction of sp³-hybridized carbons (Fsp3) is 0.762. The van der Waals surface area contributed by atoms with Gasteiger partial charge in [0.25, 0.3) is 11.8 Å². The molecule has 0 aromatic rings. The van der Waals surface area contributed by atoms with Gasteiger partial charge in [-0.2, -0.15) is 0 Å². The maximum Gasteiger partial charge on any atom is 0.333 e. The summed E-state index contributed by atoms with van der Waals surface area (Å²) in [5, 5.41) is 3.39. The molecule has 5 unspecified atom stereocenters. The van der Waals surface area contributed by atoms with Gasteiger partial charge in [0.05, 0.1) is 12.1 Å². The van der Waals surface area contributed by atoms with Gasteiger partial charge in [0.2, 0.25) is 5.91 Å². The molecule has 0 aromatic heterocycles. The van der Waals surface area contributed by atoms with E-state index < -0.39 is 30.0 Å². The minimum atomic E-state index is -0.738. The molecule has 0 aliphatic carbocycles. The summed E-state index contributed by atoms with van der Waals surface area (Å²) in [4.78, 5) is 62.4. The van der Waals surface area contributed by atoms with E-state index in [1.165, 1.54) is 13.8 Å². The van der Waals surface area contributed by atoms with Crippen molar-refractivity contribution in [2.75, 3.05) is 13.2 Å². The van der Waals surface area contributed by atoms with E-state index in [0.717, 1.165) is 0 Å². The van der Waals surface area contributed by atoms with Gasteiger partial charge in [-0.15, -0.1) is 5.06 Å². The zero-order valence-corrected chi connectivity index (χ0v) is 19.0. The highest BCUT2D eigenvalue weighted by Crippen LogP contribution is 2.32. The molecular formula is C21H32N2O9.